The number of nitriles is 1. The zero-order valence-electron chi connectivity index (χ0n) is 11.2. The molecule has 4 nitrogen and oxygen atoms in total. The highest BCUT2D eigenvalue weighted by Gasteiger charge is 2.33. The Bertz CT molecular complexity index is 593. The van der Waals surface area contributed by atoms with Crippen LogP contribution >= 0.6 is 0 Å². The van der Waals surface area contributed by atoms with Crippen LogP contribution in [-0.4, -0.2) is 18.9 Å². The van der Waals surface area contributed by atoms with Crippen molar-refractivity contribution in [2.24, 2.45) is 0 Å². The van der Waals surface area contributed by atoms with Crippen molar-refractivity contribution in [2.75, 3.05) is 6.61 Å². The zero-order valence-corrected chi connectivity index (χ0v) is 11.2. The number of rotatable bonds is 5. The molecule has 0 amide bonds. The highest BCUT2D eigenvalue weighted by molar-refractivity contribution is 5.74. The van der Waals surface area contributed by atoms with E-state index in [1.165, 1.54) is 13.0 Å². The predicted octanol–water partition coefficient (Wildman–Crippen LogP) is 3.50. The minimum Gasteiger partial charge on any atom is -0.466 e. The summed E-state index contributed by atoms with van der Waals surface area (Å²) < 4.78 is 70.6. The minimum absolute atomic E-state index is 0.00116. The highest BCUT2D eigenvalue weighted by Crippen LogP contribution is 2.33. The van der Waals surface area contributed by atoms with Crippen LogP contribution in [0.2, 0.25) is 0 Å². The van der Waals surface area contributed by atoms with Gasteiger partial charge in [0.2, 0.25) is 0 Å². The average Bonchev–Trinajstić information content (AvgIpc) is 2.36. The van der Waals surface area contributed by atoms with Gasteiger partial charge in [-0.1, -0.05) is 0 Å². The van der Waals surface area contributed by atoms with Crippen LogP contribution in [0.4, 0.5) is 22.0 Å². The van der Waals surface area contributed by atoms with Crippen molar-refractivity contribution >= 4 is 5.97 Å². The fraction of sp³-hybridized carbons (Fsp3) is 0.385. The van der Waals surface area contributed by atoms with Crippen LogP contribution < -0.4 is 4.74 Å². The number of hydrogen-bond acceptors (Lipinski definition) is 4. The summed E-state index contributed by atoms with van der Waals surface area (Å²) in [5.74, 6) is -1.93. The van der Waals surface area contributed by atoms with Crippen molar-refractivity contribution in [1.29, 1.82) is 5.26 Å². The Morgan fingerprint density at radius 1 is 1.36 bits per heavy atom. The van der Waals surface area contributed by atoms with Crippen LogP contribution in [-0.2, 0) is 16.0 Å². The first-order valence-corrected chi connectivity index (χ1v) is 5.94. The van der Waals surface area contributed by atoms with Gasteiger partial charge in [-0.3, -0.25) is 4.79 Å². The van der Waals surface area contributed by atoms with Gasteiger partial charge >= 0.3 is 12.3 Å². The zero-order chi connectivity index (χ0) is 16.9. The molecule has 1 aromatic carbocycles. The number of esters is 1. The van der Waals surface area contributed by atoms with E-state index in [4.69, 9.17) is 5.26 Å². The molecule has 0 fully saturated rings. The molecule has 0 spiro atoms. The normalized spacial score (nSPS) is 11.2. The molecule has 0 unspecified atom stereocenters. The SMILES string of the molecule is CCOC(=O)Cc1cc(C(F)F)cc(OC(F)(F)F)c1C#N. The second-order valence-corrected chi connectivity index (χ2v) is 4.00. The lowest BCUT2D eigenvalue weighted by atomic mass is 10.0. The number of alkyl halides is 5. The molecule has 22 heavy (non-hydrogen) atoms. The largest absolute Gasteiger partial charge is 0.573 e. The molecule has 9 heteroatoms. The first kappa shape index (κ1) is 17.7. The lowest BCUT2D eigenvalue weighted by molar-refractivity contribution is -0.274. The first-order chi connectivity index (χ1) is 10.2. The van der Waals surface area contributed by atoms with Gasteiger partial charge in [-0.25, -0.2) is 8.78 Å². The van der Waals surface area contributed by atoms with Crippen molar-refractivity contribution < 1.29 is 36.2 Å². The van der Waals surface area contributed by atoms with Crippen molar-refractivity contribution in [3.63, 3.8) is 0 Å². The van der Waals surface area contributed by atoms with Gasteiger partial charge in [-0.15, -0.1) is 13.2 Å². The highest BCUT2D eigenvalue weighted by atomic mass is 19.4. The Kier molecular flexibility index (Phi) is 5.68. The topological polar surface area (TPSA) is 59.3 Å². The maximum absolute atomic E-state index is 12.7. The smallest absolute Gasteiger partial charge is 0.466 e. The summed E-state index contributed by atoms with van der Waals surface area (Å²) >= 11 is 0. The molecule has 1 rings (SSSR count). The fourth-order valence-corrected chi connectivity index (χ4v) is 1.66. The molecule has 0 saturated heterocycles. The van der Waals surface area contributed by atoms with E-state index in [2.05, 4.69) is 9.47 Å². The van der Waals surface area contributed by atoms with E-state index in [0.717, 1.165) is 6.07 Å². The van der Waals surface area contributed by atoms with E-state index in [0.29, 0.717) is 6.07 Å². The number of carbonyl (C=O) groups excluding carboxylic acids is 1. The Labute approximate surface area is 122 Å². The summed E-state index contributed by atoms with van der Waals surface area (Å²) in [4.78, 5) is 11.4. The maximum Gasteiger partial charge on any atom is 0.573 e. The number of ether oxygens (including phenoxy) is 2. The van der Waals surface area contributed by atoms with Crippen molar-refractivity contribution in [3.8, 4) is 11.8 Å². The van der Waals surface area contributed by atoms with Crippen LogP contribution in [0.25, 0.3) is 0 Å². The monoisotopic (exact) mass is 323 g/mol. The van der Waals surface area contributed by atoms with E-state index in [1.807, 2.05) is 0 Å². The molecule has 0 saturated carbocycles. The third-order valence-corrected chi connectivity index (χ3v) is 2.44. The lowest BCUT2D eigenvalue weighted by Crippen LogP contribution is -2.19. The number of halogens is 5. The summed E-state index contributed by atoms with van der Waals surface area (Å²) in [5, 5.41) is 8.93. The van der Waals surface area contributed by atoms with Gasteiger partial charge in [0.05, 0.1) is 18.6 Å². The third kappa shape index (κ3) is 4.87. The van der Waals surface area contributed by atoms with E-state index >= 15 is 0 Å². The summed E-state index contributed by atoms with van der Waals surface area (Å²) in [6.07, 6.45) is -8.87. The van der Waals surface area contributed by atoms with Crippen LogP contribution in [0.1, 0.15) is 30.0 Å². The van der Waals surface area contributed by atoms with E-state index in [9.17, 15) is 26.7 Å². The molecule has 0 bridgehead atoms. The Balaban J connectivity index is 3.34. The van der Waals surface area contributed by atoms with E-state index < -0.39 is 42.1 Å². The molecule has 1 aromatic rings. The molecule has 0 aliphatic rings. The van der Waals surface area contributed by atoms with Crippen LogP contribution in [0.15, 0.2) is 12.1 Å². The van der Waals surface area contributed by atoms with Gasteiger partial charge < -0.3 is 9.47 Å². The fourth-order valence-electron chi connectivity index (χ4n) is 1.66. The second-order valence-electron chi connectivity index (χ2n) is 4.00. The van der Waals surface area contributed by atoms with Crippen molar-refractivity contribution in [3.05, 3.63) is 28.8 Å². The molecule has 0 N–H and O–H groups in total. The second kappa shape index (κ2) is 7.06. The molecule has 0 aromatic heterocycles. The first-order valence-electron chi connectivity index (χ1n) is 5.94. The molecular weight excluding hydrogens is 313 g/mol. The van der Waals surface area contributed by atoms with Gasteiger partial charge in [0.1, 0.15) is 11.8 Å². The molecule has 0 atom stereocenters. The van der Waals surface area contributed by atoms with Gasteiger partial charge in [0.25, 0.3) is 6.43 Å². The van der Waals surface area contributed by atoms with Crippen LogP contribution in [0.3, 0.4) is 0 Å². The standard InChI is InChI=1S/C13H10F5NO3/c1-2-21-11(20)5-7-3-8(12(14)15)4-10(9(7)6-19)22-13(16,17)18/h3-4,12H,2,5H2,1H3. The van der Waals surface area contributed by atoms with Gasteiger partial charge in [-0.05, 0) is 24.6 Å². The minimum atomic E-state index is -5.16. The van der Waals surface area contributed by atoms with Crippen LogP contribution in [0.5, 0.6) is 5.75 Å². The summed E-state index contributed by atoms with van der Waals surface area (Å²) in [6.45, 7) is 1.50. The Hall–Kier alpha value is -2.37. The summed E-state index contributed by atoms with van der Waals surface area (Å²) in [6, 6.07) is 2.63. The van der Waals surface area contributed by atoms with Crippen LogP contribution in [0, 0.1) is 11.3 Å². The molecule has 120 valence electrons. The molecule has 0 heterocycles. The molecular formula is C13H10F5NO3. The third-order valence-electron chi connectivity index (χ3n) is 2.44. The quantitative estimate of drug-likeness (QED) is 0.615. The summed E-state index contributed by atoms with van der Waals surface area (Å²) in [5.41, 5.74) is -1.76. The van der Waals surface area contributed by atoms with Crippen molar-refractivity contribution in [1.82, 2.24) is 0 Å². The maximum atomic E-state index is 12.7. The van der Waals surface area contributed by atoms with E-state index in [1.54, 1.807) is 0 Å². The van der Waals surface area contributed by atoms with Gasteiger partial charge in [0, 0.05) is 5.56 Å². The number of benzene rings is 1. The molecule has 0 aliphatic carbocycles. The van der Waals surface area contributed by atoms with Gasteiger partial charge in [-0.2, -0.15) is 5.26 Å². The number of carbonyl (C=O) groups is 1. The van der Waals surface area contributed by atoms with E-state index in [-0.39, 0.29) is 12.2 Å². The number of hydrogen-bond donors (Lipinski definition) is 0. The molecule has 0 radical (unpaired) electrons. The van der Waals surface area contributed by atoms with Crippen molar-refractivity contribution in [2.45, 2.75) is 26.1 Å². The lowest BCUT2D eigenvalue weighted by Gasteiger charge is -2.14. The predicted molar refractivity (Wildman–Crippen MR) is 63.1 cm³/mol. The average molecular weight is 323 g/mol. The summed E-state index contributed by atoms with van der Waals surface area (Å²) in [7, 11) is 0. The number of nitrogens with zero attached hydrogens (tertiary/aromatic N) is 1. The molecule has 0 aliphatic heterocycles. The Morgan fingerprint density at radius 2 is 2.00 bits per heavy atom. The Morgan fingerprint density at radius 3 is 2.45 bits per heavy atom. The van der Waals surface area contributed by atoms with Gasteiger partial charge in [0.15, 0.2) is 0 Å².